The van der Waals surface area contributed by atoms with E-state index < -0.39 is 10.0 Å². The second-order valence-corrected chi connectivity index (χ2v) is 7.21. The van der Waals surface area contributed by atoms with E-state index in [2.05, 4.69) is 10.0 Å². The first-order chi connectivity index (χ1) is 8.90. The predicted octanol–water partition coefficient (Wildman–Crippen LogP) is 2.41. The summed E-state index contributed by atoms with van der Waals surface area (Å²) in [5.74, 6) is 0. The lowest BCUT2D eigenvalue weighted by Crippen LogP contribution is -2.51. The van der Waals surface area contributed by atoms with Crippen LogP contribution in [0.2, 0.25) is 10.0 Å². The van der Waals surface area contributed by atoms with Gasteiger partial charge in [-0.3, -0.25) is 0 Å². The first-order valence-corrected chi connectivity index (χ1v) is 8.35. The molecule has 0 radical (unpaired) electrons. The molecule has 106 valence electrons. The molecule has 1 aliphatic heterocycles. The second-order valence-electron chi connectivity index (χ2n) is 4.69. The van der Waals surface area contributed by atoms with Crippen LogP contribution < -0.4 is 10.0 Å². The number of halogens is 2. The third-order valence-corrected chi connectivity index (χ3v) is 5.46. The van der Waals surface area contributed by atoms with Crippen molar-refractivity contribution in [2.24, 2.45) is 0 Å². The second kappa shape index (κ2) is 5.97. The maximum atomic E-state index is 12.3. The number of hydrogen-bond acceptors (Lipinski definition) is 3. The number of piperidine rings is 1. The van der Waals surface area contributed by atoms with Crippen molar-refractivity contribution in [3.8, 4) is 0 Å². The van der Waals surface area contributed by atoms with E-state index in [4.69, 9.17) is 23.2 Å². The summed E-state index contributed by atoms with van der Waals surface area (Å²) < 4.78 is 27.3. The van der Waals surface area contributed by atoms with Crippen molar-refractivity contribution in [1.29, 1.82) is 0 Å². The number of benzene rings is 1. The summed E-state index contributed by atoms with van der Waals surface area (Å²) in [6.45, 7) is 2.89. The molecule has 2 N–H and O–H groups in total. The normalized spacial score (nSPS) is 24.4. The Morgan fingerprint density at radius 3 is 2.74 bits per heavy atom. The molecule has 1 saturated heterocycles. The van der Waals surface area contributed by atoms with Crippen LogP contribution in [0.5, 0.6) is 0 Å². The van der Waals surface area contributed by atoms with Crippen LogP contribution in [0.3, 0.4) is 0 Å². The quantitative estimate of drug-likeness (QED) is 0.898. The van der Waals surface area contributed by atoms with E-state index in [9.17, 15) is 8.42 Å². The van der Waals surface area contributed by atoms with Gasteiger partial charge in [0.2, 0.25) is 10.0 Å². The van der Waals surface area contributed by atoms with Gasteiger partial charge < -0.3 is 5.32 Å². The lowest BCUT2D eigenvalue weighted by molar-refractivity contribution is 0.349. The van der Waals surface area contributed by atoms with Crippen molar-refractivity contribution in [3.05, 3.63) is 28.2 Å². The minimum absolute atomic E-state index is 0.0661. The van der Waals surface area contributed by atoms with E-state index in [0.29, 0.717) is 5.02 Å². The fraction of sp³-hybridized carbons (Fsp3) is 0.500. The number of nitrogens with one attached hydrogen (secondary N) is 2. The Morgan fingerprint density at radius 2 is 2.11 bits per heavy atom. The molecular weight excluding hydrogens is 307 g/mol. The Morgan fingerprint density at radius 1 is 1.37 bits per heavy atom. The van der Waals surface area contributed by atoms with Crippen LogP contribution in [-0.4, -0.2) is 27.0 Å². The maximum Gasteiger partial charge on any atom is 0.242 e. The van der Waals surface area contributed by atoms with Crippen LogP contribution >= 0.6 is 23.2 Å². The molecule has 1 heterocycles. The van der Waals surface area contributed by atoms with Gasteiger partial charge in [-0.1, -0.05) is 23.2 Å². The van der Waals surface area contributed by atoms with Crippen LogP contribution in [0.4, 0.5) is 0 Å². The molecule has 7 heteroatoms. The van der Waals surface area contributed by atoms with E-state index in [1.807, 2.05) is 6.92 Å². The Labute approximate surface area is 123 Å². The average Bonchev–Trinajstić information content (AvgIpc) is 2.31. The maximum absolute atomic E-state index is 12.3. The molecule has 2 atom stereocenters. The van der Waals surface area contributed by atoms with Gasteiger partial charge in [0.1, 0.15) is 4.90 Å². The smallest absolute Gasteiger partial charge is 0.242 e. The minimum atomic E-state index is -3.62. The van der Waals surface area contributed by atoms with Gasteiger partial charge in [-0.15, -0.1) is 0 Å². The molecule has 2 unspecified atom stereocenters. The first-order valence-electron chi connectivity index (χ1n) is 6.11. The van der Waals surface area contributed by atoms with Gasteiger partial charge in [0.05, 0.1) is 5.02 Å². The Hall–Kier alpha value is -0.330. The average molecular weight is 323 g/mol. The molecule has 1 aliphatic rings. The van der Waals surface area contributed by atoms with Crippen molar-refractivity contribution in [1.82, 2.24) is 10.0 Å². The van der Waals surface area contributed by atoms with Crippen LogP contribution in [-0.2, 0) is 10.0 Å². The van der Waals surface area contributed by atoms with Crippen molar-refractivity contribution < 1.29 is 8.42 Å². The van der Waals surface area contributed by atoms with Gasteiger partial charge in [0.25, 0.3) is 0 Å². The van der Waals surface area contributed by atoms with Gasteiger partial charge >= 0.3 is 0 Å². The standard InChI is InChI=1S/C12H16Cl2N2O2S/c1-8-11(3-2-6-15-8)16-19(17,18)12-5-4-9(13)7-10(12)14/h4-5,7-8,11,15-16H,2-3,6H2,1H3. The monoisotopic (exact) mass is 322 g/mol. The zero-order chi connectivity index (χ0) is 14.0. The van der Waals surface area contributed by atoms with Crippen LogP contribution in [0.15, 0.2) is 23.1 Å². The minimum Gasteiger partial charge on any atom is -0.313 e. The number of rotatable bonds is 3. The molecule has 0 aromatic heterocycles. The largest absolute Gasteiger partial charge is 0.313 e. The number of hydrogen-bond donors (Lipinski definition) is 2. The highest BCUT2D eigenvalue weighted by molar-refractivity contribution is 7.89. The Bertz CT molecular complexity index is 563. The fourth-order valence-electron chi connectivity index (χ4n) is 2.16. The molecule has 4 nitrogen and oxygen atoms in total. The van der Waals surface area contributed by atoms with E-state index in [1.165, 1.54) is 18.2 Å². The van der Waals surface area contributed by atoms with Gasteiger partial charge in [0, 0.05) is 17.1 Å². The summed E-state index contributed by atoms with van der Waals surface area (Å²) in [7, 11) is -3.62. The highest BCUT2D eigenvalue weighted by Gasteiger charge is 2.27. The molecule has 0 saturated carbocycles. The lowest BCUT2D eigenvalue weighted by Gasteiger charge is -2.30. The van der Waals surface area contributed by atoms with E-state index in [-0.39, 0.29) is 22.0 Å². The van der Waals surface area contributed by atoms with Gasteiger partial charge in [-0.25, -0.2) is 13.1 Å². The third-order valence-electron chi connectivity index (χ3n) is 3.25. The van der Waals surface area contributed by atoms with E-state index in [0.717, 1.165) is 19.4 Å². The van der Waals surface area contributed by atoms with Crippen LogP contribution in [0, 0.1) is 0 Å². The SMILES string of the molecule is CC1NCCCC1NS(=O)(=O)c1ccc(Cl)cc1Cl. The molecular formula is C12H16Cl2N2O2S. The molecule has 1 aromatic carbocycles. The summed E-state index contributed by atoms with van der Waals surface area (Å²) in [5, 5.41) is 3.80. The Kier molecular flexibility index (Phi) is 4.74. The number of sulfonamides is 1. The van der Waals surface area contributed by atoms with E-state index >= 15 is 0 Å². The van der Waals surface area contributed by atoms with Crippen molar-refractivity contribution in [2.45, 2.75) is 36.7 Å². The van der Waals surface area contributed by atoms with Gasteiger partial charge in [0.15, 0.2) is 0 Å². The third kappa shape index (κ3) is 3.61. The molecule has 2 rings (SSSR count). The Balaban J connectivity index is 2.22. The molecule has 0 amide bonds. The summed E-state index contributed by atoms with van der Waals surface area (Å²) in [6, 6.07) is 4.36. The molecule has 1 fully saturated rings. The van der Waals surface area contributed by atoms with Crippen LogP contribution in [0.1, 0.15) is 19.8 Å². The molecule has 0 aliphatic carbocycles. The highest BCUT2D eigenvalue weighted by Crippen LogP contribution is 2.25. The molecule has 0 spiro atoms. The summed E-state index contributed by atoms with van der Waals surface area (Å²) in [6.07, 6.45) is 1.77. The first kappa shape index (κ1) is 15.1. The van der Waals surface area contributed by atoms with Crippen molar-refractivity contribution in [2.75, 3.05) is 6.54 Å². The highest BCUT2D eigenvalue weighted by atomic mass is 35.5. The zero-order valence-electron chi connectivity index (χ0n) is 10.5. The fourth-order valence-corrected chi connectivity index (χ4v) is 4.28. The predicted molar refractivity (Wildman–Crippen MR) is 77.3 cm³/mol. The topological polar surface area (TPSA) is 58.2 Å². The van der Waals surface area contributed by atoms with Crippen LogP contribution in [0.25, 0.3) is 0 Å². The zero-order valence-corrected chi connectivity index (χ0v) is 12.8. The van der Waals surface area contributed by atoms with Crippen molar-refractivity contribution in [3.63, 3.8) is 0 Å². The lowest BCUT2D eigenvalue weighted by atomic mass is 10.0. The summed E-state index contributed by atoms with van der Waals surface area (Å²) in [4.78, 5) is 0.0661. The van der Waals surface area contributed by atoms with E-state index in [1.54, 1.807) is 0 Å². The molecule has 19 heavy (non-hydrogen) atoms. The molecule has 1 aromatic rings. The molecule has 0 bridgehead atoms. The van der Waals surface area contributed by atoms with Gasteiger partial charge in [-0.05, 0) is 44.5 Å². The summed E-state index contributed by atoms with van der Waals surface area (Å²) >= 11 is 11.7. The van der Waals surface area contributed by atoms with Gasteiger partial charge in [-0.2, -0.15) is 0 Å². The summed E-state index contributed by atoms with van der Waals surface area (Å²) in [5.41, 5.74) is 0. The van der Waals surface area contributed by atoms with Crippen molar-refractivity contribution >= 4 is 33.2 Å².